The number of hydrogen-bond donors (Lipinski definition) is 0. The van der Waals surface area contributed by atoms with Crippen molar-refractivity contribution >= 4 is 27.4 Å². The first kappa shape index (κ1) is 23.3. The normalized spacial score (nSPS) is 18.6. The number of hydrogen-bond acceptors (Lipinski definition) is 5. The zero-order valence-electron chi connectivity index (χ0n) is 18.4. The van der Waals surface area contributed by atoms with Gasteiger partial charge in [-0.25, -0.2) is 13.4 Å². The van der Waals surface area contributed by atoms with E-state index in [1.165, 1.54) is 4.31 Å². The Morgan fingerprint density at radius 1 is 1.00 bits per heavy atom. The lowest BCUT2D eigenvalue weighted by Gasteiger charge is -2.36. The molecule has 1 aromatic heterocycles. The third-order valence-electron chi connectivity index (χ3n) is 6.07. The highest BCUT2D eigenvalue weighted by Gasteiger charge is 2.33. The molecule has 3 heterocycles. The van der Waals surface area contributed by atoms with Gasteiger partial charge in [-0.05, 0) is 55.7 Å². The van der Waals surface area contributed by atoms with Crippen molar-refractivity contribution in [2.24, 2.45) is 0 Å². The fraction of sp³-hybridized carbons (Fsp3) is 0.455. The average Bonchev–Trinajstić information content (AvgIpc) is 3.11. The number of rotatable bonds is 3. The van der Waals surface area contributed by atoms with Gasteiger partial charge in [-0.2, -0.15) is 13.2 Å². The second-order valence-corrected chi connectivity index (χ2v) is 10.4. The lowest BCUT2D eigenvalue weighted by Crippen LogP contribution is -2.49. The Hall–Kier alpha value is -2.82. The van der Waals surface area contributed by atoms with Gasteiger partial charge in [0.15, 0.2) is 0 Å². The number of benzene rings is 1. The summed E-state index contributed by atoms with van der Waals surface area (Å²) in [6.45, 7) is 5.54. The first-order chi connectivity index (χ1) is 15.5. The second kappa shape index (κ2) is 8.51. The van der Waals surface area contributed by atoms with Crippen LogP contribution in [0.4, 0.5) is 24.7 Å². The van der Waals surface area contributed by atoms with E-state index in [1.807, 2.05) is 4.90 Å². The average molecular weight is 483 g/mol. The number of sulfonamides is 1. The summed E-state index contributed by atoms with van der Waals surface area (Å²) in [5, 5.41) is 0. The van der Waals surface area contributed by atoms with Crippen molar-refractivity contribution in [2.75, 3.05) is 47.7 Å². The summed E-state index contributed by atoms with van der Waals surface area (Å²) in [7, 11) is -3.29. The molecule has 2 aliphatic rings. The molecule has 2 saturated heterocycles. The molecule has 33 heavy (non-hydrogen) atoms. The molecule has 2 aromatic rings. The largest absolute Gasteiger partial charge is 0.417 e. The summed E-state index contributed by atoms with van der Waals surface area (Å²) < 4.78 is 64.4. The van der Waals surface area contributed by atoms with Gasteiger partial charge >= 0.3 is 6.18 Å². The first-order valence-electron chi connectivity index (χ1n) is 10.7. The van der Waals surface area contributed by atoms with Gasteiger partial charge in [-0.15, -0.1) is 0 Å². The Bertz CT molecular complexity index is 1180. The number of piperazine rings is 1. The van der Waals surface area contributed by atoms with Crippen LogP contribution in [0.25, 0.3) is 0 Å². The van der Waals surface area contributed by atoms with Crippen molar-refractivity contribution in [1.82, 2.24) is 9.88 Å². The number of carbonyl (C=O) groups excluding carboxylic acids is 1. The number of pyridine rings is 1. The van der Waals surface area contributed by atoms with Crippen molar-refractivity contribution in [3.63, 3.8) is 0 Å². The van der Waals surface area contributed by atoms with Crippen LogP contribution >= 0.6 is 0 Å². The third kappa shape index (κ3) is 4.64. The maximum atomic E-state index is 13.1. The van der Waals surface area contributed by atoms with Gasteiger partial charge in [0.1, 0.15) is 5.82 Å². The molecule has 0 atom stereocenters. The highest BCUT2D eigenvalue weighted by molar-refractivity contribution is 7.93. The molecule has 1 aromatic carbocycles. The van der Waals surface area contributed by atoms with E-state index in [0.717, 1.165) is 12.3 Å². The predicted octanol–water partition coefficient (Wildman–Crippen LogP) is 3.22. The molecular weight excluding hydrogens is 457 g/mol. The fourth-order valence-electron chi connectivity index (χ4n) is 4.32. The van der Waals surface area contributed by atoms with Crippen LogP contribution in [-0.2, 0) is 16.2 Å². The molecule has 1 amide bonds. The molecule has 0 unspecified atom stereocenters. The number of amides is 1. The van der Waals surface area contributed by atoms with Crippen molar-refractivity contribution in [3.05, 3.63) is 52.7 Å². The van der Waals surface area contributed by atoms with E-state index in [0.29, 0.717) is 67.3 Å². The van der Waals surface area contributed by atoms with E-state index < -0.39 is 21.8 Å². The molecule has 0 spiro atoms. The minimum atomic E-state index is -4.44. The van der Waals surface area contributed by atoms with Crippen molar-refractivity contribution in [3.8, 4) is 0 Å². The topological polar surface area (TPSA) is 73.8 Å². The Morgan fingerprint density at radius 3 is 2.24 bits per heavy atom. The maximum absolute atomic E-state index is 13.1. The first-order valence-corrected chi connectivity index (χ1v) is 12.3. The summed E-state index contributed by atoms with van der Waals surface area (Å²) in [5.74, 6) is 0.465. The van der Waals surface area contributed by atoms with Gasteiger partial charge in [0.05, 0.1) is 17.0 Å². The molecule has 178 valence electrons. The molecule has 0 saturated carbocycles. The molecular formula is C22H25F3N4O3S. The summed E-state index contributed by atoms with van der Waals surface area (Å²) in [6.07, 6.45) is -3.02. The monoisotopic (exact) mass is 482 g/mol. The molecule has 0 N–H and O–H groups in total. The Kier molecular flexibility index (Phi) is 6.02. The van der Waals surface area contributed by atoms with E-state index >= 15 is 0 Å². The molecule has 0 aliphatic carbocycles. The number of nitrogens with zero attached hydrogens (tertiary/aromatic N) is 4. The number of anilines is 2. The van der Waals surface area contributed by atoms with E-state index in [2.05, 4.69) is 4.98 Å². The number of alkyl halides is 3. The van der Waals surface area contributed by atoms with E-state index in [4.69, 9.17) is 0 Å². The van der Waals surface area contributed by atoms with Crippen LogP contribution in [0.2, 0.25) is 0 Å². The molecule has 11 heteroatoms. The van der Waals surface area contributed by atoms with Crippen LogP contribution in [0.1, 0.15) is 33.5 Å². The Balaban J connectivity index is 1.44. The second-order valence-electron chi connectivity index (χ2n) is 8.38. The number of halogens is 3. The van der Waals surface area contributed by atoms with Gasteiger partial charge in [-0.3, -0.25) is 9.10 Å². The van der Waals surface area contributed by atoms with Gasteiger partial charge in [0.25, 0.3) is 5.91 Å². The minimum absolute atomic E-state index is 0.129. The Labute approximate surface area is 190 Å². The zero-order valence-corrected chi connectivity index (χ0v) is 19.2. The Morgan fingerprint density at radius 2 is 1.70 bits per heavy atom. The maximum Gasteiger partial charge on any atom is 0.417 e. The minimum Gasteiger partial charge on any atom is -0.353 e. The highest BCUT2D eigenvalue weighted by Crippen LogP contribution is 2.32. The van der Waals surface area contributed by atoms with Gasteiger partial charge in [0, 0.05) is 44.5 Å². The van der Waals surface area contributed by atoms with Gasteiger partial charge < -0.3 is 9.80 Å². The summed E-state index contributed by atoms with van der Waals surface area (Å²) in [5.41, 5.74) is 1.43. The predicted molar refractivity (Wildman–Crippen MR) is 119 cm³/mol. The van der Waals surface area contributed by atoms with Crippen LogP contribution in [0.5, 0.6) is 0 Å². The quantitative estimate of drug-likeness (QED) is 0.672. The zero-order chi connectivity index (χ0) is 24.0. The lowest BCUT2D eigenvalue weighted by molar-refractivity contribution is -0.137. The van der Waals surface area contributed by atoms with Crippen LogP contribution in [0, 0.1) is 13.8 Å². The van der Waals surface area contributed by atoms with Gasteiger partial charge in [-0.1, -0.05) is 0 Å². The third-order valence-corrected chi connectivity index (χ3v) is 7.94. The fourth-order valence-corrected chi connectivity index (χ4v) is 5.87. The molecule has 0 bridgehead atoms. The molecule has 7 nitrogen and oxygen atoms in total. The van der Waals surface area contributed by atoms with Crippen LogP contribution in [-0.4, -0.2) is 62.7 Å². The van der Waals surface area contributed by atoms with Crippen molar-refractivity contribution < 1.29 is 26.4 Å². The summed E-state index contributed by atoms with van der Waals surface area (Å²) >= 11 is 0. The number of aryl methyl sites for hydroxylation is 2. The van der Waals surface area contributed by atoms with Crippen LogP contribution in [0.3, 0.4) is 0 Å². The van der Waals surface area contributed by atoms with Crippen LogP contribution < -0.4 is 9.21 Å². The van der Waals surface area contributed by atoms with E-state index in [1.54, 1.807) is 36.9 Å². The van der Waals surface area contributed by atoms with Crippen molar-refractivity contribution in [1.29, 1.82) is 0 Å². The van der Waals surface area contributed by atoms with Crippen LogP contribution in [0.15, 0.2) is 30.5 Å². The smallest absolute Gasteiger partial charge is 0.353 e. The van der Waals surface area contributed by atoms with Crippen molar-refractivity contribution in [2.45, 2.75) is 26.4 Å². The number of aromatic nitrogens is 1. The molecule has 2 aliphatic heterocycles. The van der Waals surface area contributed by atoms with E-state index in [-0.39, 0.29) is 11.7 Å². The molecule has 4 rings (SSSR count). The van der Waals surface area contributed by atoms with E-state index in [9.17, 15) is 26.4 Å². The standard InChI is InChI=1S/C22H25F3N4O3S/c1-15-13-18(29-6-3-11-33(29,31)32)4-5-19(15)21(30)28-9-7-27(8-10-28)20-16(2)12-17(14-26-20)22(23,24)25/h4-5,12-14H,3,6-11H2,1-2H3. The molecule has 0 radical (unpaired) electrons. The highest BCUT2D eigenvalue weighted by atomic mass is 32.2. The SMILES string of the molecule is Cc1cc(N2CCCS2(=O)=O)ccc1C(=O)N1CCN(c2ncc(C(F)(F)F)cc2C)CC1. The number of carbonyl (C=O) groups is 1. The summed E-state index contributed by atoms with van der Waals surface area (Å²) in [6, 6.07) is 6.14. The summed E-state index contributed by atoms with van der Waals surface area (Å²) in [4.78, 5) is 20.7. The molecule has 2 fully saturated rings. The lowest BCUT2D eigenvalue weighted by atomic mass is 10.1. The van der Waals surface area contributed by atoms with Gasteiger partial charge in [0.2, 0.25) is 10.0 Å².